The average Bonchev–Trinajstić information content (AvgIpc) is 2.34. The third kappa shape index (κ3) is 21.7. The molecule has 19 heavy (non-hydrogen) atoms. The summed E-state index contributed by atoms with van der Waals surface area (Å²) in [5.74, 6) is -0.655. The van der Waals surface area contributed by atoms with Gasteiger partial charge in [-0.25, -0.2) is 0 Å². The molecule has 1 N–H and O–H groups in total. The molecule has 1 radical (unpaired) electrons. The van der Waals surface area contributed by atoms with Gasteiger partial charge in [0.1, 0.15) is 0 Å². The predicted octanol–water partition coefficient (Wildman–Crippen LogP) is 5.17. The number of rotatable bonds is 14. The summed E-state index contributed by atoms with van der Waals surface area (Å²) in [6, 6.07) is 0. The van der Waals surface area contributed by atoms with Crippen LogP contribution < -0.4 is 0 Å². The molecule has 0 bridgehead atoms. The molecule has 0 aliphatic rings. The first-order chi connectivity index (χ1) is 8.77. The van der Waals surface area contributed by atoms with Crippen LogP contribution in [0, 0.1) is 0 Å². The number of hydrogen-bond donors (Lipinski definition) is 1. The van der Waals surface area contributed by atoms with Crippen LogP contribution in [0.4, 0.5) is 0 Å². The molecule has 109 valence electrons. The van der Waals surface area contributed by atoms with Crippen LogP contribution in [0.3, 0.4) is 0 Å². The second kappa shape index (κ2) is 19.3. The van der Waals surface area contributed by atoms with Gasteiger partial charge in [0.2, 0.25) is 0 Å². The van der Waals surface area contributed by atoms with Crippen molar-refractivity contribution in [1.29, 1.82) is 0 Å². The molecule has 0 saturated carbocycles. The SMILES string of the molecule is CCCCCCCCCCCCCCCC(=O)O.[Rb]. The summed E-state index contributed by atoms with van der Waals surface area (Å²) < 4.78 is 0. The average molecular weight is 342 g/mol. The molecule has 0 aliphatic heterocycles. The van der Waals surface area contributed by atoms with Crippen molar-refractivity contribution in [2.45, 2.75) is 96.8 Å². The second-order valence-corrected chi connectivity index (χ2v) is 5.39. The molecule has 0 aromatic rings. The normalized spacial score (nSPS) is 10.2. The molecule has 0 aromatic carbocycles. The van der Waals surface area contributed by atoms with E-state index in [0.717, 1.165) is 12.8 Å². The maximum atomic E-state index is 10.3. The summed E-state index contributed by atoms with van der Waals surface area (Å²) in [6.45, 7) is 2.26. The Balaban J connectivity index is 0. The number of carboxylic acids is 1. The van der Waals surface area contributed by atoms with Crippen molar-refractivity contribution in [3.63, 3.8) is 0 Å². The number of aliphatic carboxylic acids is 1. The van der Waals surface area contributed by atoms with Crippen molar-refractivity contribution in [2.24, 2.45) is 0 Å². The van der Waals surface area contributed by atoms with E-state index in [4.69, 9.17) is 5.11 Å². The standard InChI is InChI=1S/C16H32O2.Rb/c1-2-3-4-5-6-7-8-9-10-11-12-13-14-15-16(17)18;/h2-15H2,1H3,(H,17,18);. The molecule has 0 amide bonds. The fourth-order valence-electron chi connectivity index (χ4n) is 2.29. The van der Waals surface area contributed by atoms with Gasteiger partial charge in [0, 0.05) is 64.6 Å². The smallest absolute Gasteiger partial charge is 0.303 e. The van der Waals surface area contributed by atoms with E-state index >= 15 is 0 Å². The Morgan fingerprint density at radius 3 is 1.32 bits per heavy atom. The molecule has 0 fully saturated rings. The van der Waals surface area contributed by atoms with Crippen molar-refractivity contribution < 1.29 is 9.90 Å². The van der Waals surface area contributed by atoms with Crippen LogP contribution in [0.1, 0.15) is 96.8 Å². The van der Waals surface area contributed by atoms with E-state index in [9.17, 15) is 4.79 Å². The molecule has 0 rings (SSSR count). The zero-order valence-corrected chi connectivity index (χ0v) is 18.2. The van der Waals surface area contributed by atoms with Crippen LogP contribution in [0.25, 0.3) is 0 Å². The summed E-state index contributed by atoms with van der Waals surface area (Å²) in [6.07, 6.45) is 17.3. The zero-order chi connectivity index (χ0) is 13.5. The molecule has 0 saturated heterocycles. The summed E-state index contributed by atoms with van der Waals surface area (Å²) in [4.78, 5) is 10.3. The van der Waals surface area contributed by atoms with E-state index in [1.807, 2.05) is 0 Å². The minimum Gasteiger partial charge on any atom is -0.481 e. The van der Waals surface area contributed by atoms with E-state index in [0.29, 0.717) is 6.42 Å². The van der Waals surface area contributed by atoms with Crippen LogP contribution >= 0.6 is 0 Å². The molecule has 0 aromatic heterocycles. The Morgan fingerprint density at radius 2 is 1.00 bits per heavy atom. The Hall–Kier alpha value is 1.28. The summed E-state index contributed by atoms with van der Waals surface area (Å²) in [5, 5.41) is 8.49. The van der Waals surface area contributed by atoms with Gasteiger partial charge in [-0.15, -0.1) is 0 Å². The number of carboxylic acid groups (broad SMARTS) is 1. The van der Waals surface area contributed by atoms with Crippen molar-refractivity contribution in [3.05, 3.63) is 0 Å². The van der Waals surface area contributed by atoms with Crippen LogP contribution in [-0.4, -0.2) is 69.3 Å². The van der Waals surface area contributed by atoms with Crippen LogP contribution in [0.5, 0.6) is 0 Å². The van der Waals surface area contributed by atoms with E-state index in [2.05, 4.69) is 6.92 Å². The van der Waals surface area contributed by atoms with E-state index in [-0.39, 0.29) is 58.2 Å². The molecular weight excluding hydrogens is 310 g/mol. The summed E-state index contributed by atoms with van der Waals surface area (Å²) >= 11 is 0. The monoisotopic (exact) mass is 341 g/mol. The van der Waals surface area contributed by atoms with Crippen LogP contribution in [-0.2, 0) is 4.79 Å². The third-order valence-corrected chi connectivity index (χ3v) is 3.49. The quantitative estimate of drug-likeness (QED) is 0.442. The number of hydrogen-bond acceptors (Lipinski definition) is 1. The third-order valence-electron chi connectivity index (χ3n) is 3.49. The largest absolute Gasteiger partial charge is 0.481 e. The number of carbonyl (C=O) groups is 1. The van der Waals surface area contributed by atoms with Crippen molar-refractivity contribution in [1.82, 2.24) is 0 Å². The summed E-state index contributed by atoms with van der Waals surface area (Å²) in [5.41, 5.74) is 0. The van der Waals surface area contributed by atoms with Gasteiger partial charge in [0.05, 0.1) is 0 Å². The molecule has 0 heterocycles. The van der Waals surface area contributed by atoms with Crippen molar-refractivity contribution in [2.75, 3.05) is 0 Å². The molecule has 2 nitrogen and oxygen atoms in total. The van der Waals surface area contributed by atoms with Gasteiger partial charge in [0.15, 0.2) is 0 Å². The minimum atomic E-state index is -0.655. The van der Waals surface area contributed by atoms with Gasteiger partial charge in [-0.1, -0.05) is 84.0 Å². The first kappa shape index (κ1) is 22.6. The van der Waals surface area contributed by atoms with Crippen LogP contribution in [0.15, 0.2) is 0 Å². The van der Waals surface area contributed by atoms with E-state index in [1.165, 1.54) is 70.6 Å². The molecule has 0 spiro atoms. The van der Waals surface area contributed by atoms with Crippen LogP contribution in [0.2, 0.25) is 0 Å². The molecular formula is C16H32O2Rb. The fourth-order valence-corrected chi connectivity index (χ4v) is 2.29. The van der Waals surface area contributed by atoms with E-state index in [1.54, 1.807) is 0 Å². The number of unbranched alkanes of at least 4 members (excludes halogenated alkanes) is 12. The van der Waals surface area contributed by atoms with Gasteiger partial charge < -0.3 is 5.11 Å². The Bertz CT molecular complexity index is 184. The first-order valence-electron chi connectivity index (χ1n) is 7.99. The maximum Gasteiger partial charge on any atom is 0.303 e. The van der Waals surface area contributed by atoms with Gasteiger partial charge in [0.25, 0.3) is 0 Å². The fraction of sp³-hybridized carbons (Fsp3) is 0.938. The van der Waals surface area contributed by atoms with E-state index < -0.39 is 5.97 Å². The predicted molar refractivity (Wildman–Crippen MR) is 83.7 cm³/mol. The Labute approximate surface area is 168 Å². The molecule has 0 atom stereocenters. The van der Waals surface area contributed by atoms with Gasteiger partial charge in [-0.3, -0.25) is 4.79 Å². The minimum absolute atomic E-state index is 0. The topological polar surface area (TPSA) is 37.3 Å². The van der Waals surface area contributed by atoms with Gasteiger partial charge in [-0.2, -0.15) is 0 Å². The van der Waals surface area contributed by atoms with Gasteiger partial charge >= 0.3 is 5.97 Å². The van der Waals surface area contributed by atoms with Crippen molar-refractivity contribution in [3.8, 4) is 0 Å². The second-order valence-electron chi connectivity index (χ2n) is 5.39. The first-order valence-corrected chi connectivity index (χ1v) is 7.99. The Morgan fingerprint density at radius 1 is 0.684 bits per heavy atom. The maximum absolute atomic E-state index is 10.3. The van der Waals surface area contributed by atoms with Gasteiger partial charge in [-0.05, 0) is 6.42 Å². The zero-order valence-electron chi connectivity index (χ0n) is 13.3. The molecule has 0 aliphatic carbocycles. The van der Waals surface area contributed by atoms with Crippen molar-refractivity contribution >= 4 is 64.2 Å². The molecule has 3 heteroatoms. The summed E-state index contributed by atoms with van der Waals surface area (Å²) in [7, 11) is 0. The Kier molecular flexibility index (Phi) is 22.9. The molecule has 0 unspecified atom stereocenters.